The topological polar surface area (TPSA) is 0 Å². The minimum Gasteiger partial charge on any atom is -0.103 e. The highest BCUT2D eigenvalue weighted by Crippen LogP contribution is 2.63. The molecule has 0 heterocycles. The largest absolute Gasteiger partial charge is 0.103 e. The average Bonchev–Trinajstić information content (AvgIpc) is 2.95. The molecule has 1 unspecified atom stereocenters. The van der Waals surface area contributed by atoms with Crippen LogP contribution in [0, 0.1) is 5.41 Å². The summed E-state index contributed by atoms with van der Waals surface area (Å²) >= 11 is 0. The summed E-state index contributed by atoms with van der Waals surface area (Å²) < 4.78 is 0. The zero-order chi connectivity index (χ0) is 10.0. The molecule has 1 aliphatic carbocycles. The van der Waals surface area contributed by atoms with E-state index in [0.29, 0.717) is 5.41 Å². The molecule has 0 aliphatic heterocycles. The minimum absolute atomic E-state index is 0.545. The van der Waals surface area contributed by atoms with E-state index in [0.717, 1.165) is 5.92 Å². The van der Waals surface area contributed by atoms with Crippen LogP contribution in [-0.2, 0) is 0 Å². The van der Waals surface area contributed by atoms with Crippen LogP contribution in [0.5, 0.6) is 0 Å². The van der Waals surface area contributed by atoms with Crippen molar-refractivity contribution >= 4 is 0 Å². The zero-order valence-corrected chi connectivity index (χ0v) is 8.87. The van der Waals surface area contributed by atoms with E-state index in [-0.39, 0.29) is 0 Å². The molecule has 14 heavy (non-hydrogen) atoms. The summed E-state index contributed by atoms with van der Waals surface area (Å²) in [6, 6.07) is 10.9. The second-order valence-electron chi connectivity index (χ2n) is 4.38. The van der Waals surface area contributed by atoms with E-state index in [1.807, 2.05) is 0 Å². The second kappa shape index (κ2) is 3.61. The summed E-state index contributed by atoms with van der Waals surface area (Å²) in [4.78, 5) is 0. The highest BCUT2D eigenvalue weighted by Gasteiger charge is 2.51. The van der Waals surface area contributed by atoms with Crippen LogP contribution in [0.3, 0.4) is 0 Å². The third-order valence-electron chi connectivity index (χ3n) is 3.65. The normalized spacial score (nSPS) is 29.9. The molecule has 1 fully saturated rings. The van der Waals surface area contributed by atoms with Gasteiger partial charge < -0.3 is 0 Å². The monoisotopic (exact) mass is 186 g/mol. The van der Waals surface area contributed by atoms with Crippen molar-refractivity contribution in [3.05, 3.63) is 48.6 Å². The Morgan fingerprint density at radius 2 is 2.14 bits per heavy atom. The summed E-state index contributed by atoms with van der Waals surface area (Å²) in [6.45, 7) is 6.16. The molecular weight excluding hydrogens is 168 g/mol. The maximum Gasteiger partial charge on any atom is -0.00967 e. The van der Waals surface area contributed by atoms with Gasteiger partial charge in [-0.05, 0) is 36.2 Å². The fourth-order valence-electron chi connectivity index (χ4n) is 2.55. The van der Waals surface area contributed by atoms with E-state index in [2.05, 4.69) is 49.9 Å². The van der Waals surface area contributed by atoms with Gasteiger partial charge in [0.25, 0.3) is 0 Å². The lowest BCUT2D eigenvalue weighted by atomic mass is 9.93. The highest BCUT2D eigenvalue weighted by atomic mass is 14.6. The van der Waals surface area contributed by atoms with Gasteiger partial charge in [0, 0.05) is 0 Å². The van der Waals surface area contributed by atoms with Gasteiger partial charge in [-0.1, -0.05) is 43.3 Å². The molecule has 0 nitrogen and oxygen atoms in total. The third-order valence-corrected chi connectivity index (χ3v) is 3.65. The number of rotatable bonds is 4. The van der Waals surface area contributed by atoms with E-state index < -0.39 is 0 Å². The van der Waals surface area contributed by atoms with Crippen LogP contribution in [0.1, 0.15) is 37.7 Å². The first kappa shape index (κ1) is 9.51. The molecule has 2 atom stereocenters. The molecule has 0 saturated heterocycles. The molecular formula is C14H18. The Morgan fingerprint density at radius 1 is 1.43 bits per heavy atom. The van der Waals surface area contributed by atoms with Gasteiger partial charge in [0.2, 0.25) is 0 Å². The lowest BCUT2D eigenvalue weighted by molar-refractivity contribution is 0.479. The molecule has 0 N–H and O–H groups in total. The quantitative estimate of drug-likeness (QED) is 0.620. The van der Waals surface area contributed by atoms with Crippen molar-refractivity contribution in [3.8, 4) is 0 Å². The van der Waals surface area contributed by atoms with Crippen LogP contribution in [-0.4, -0.2) is 0 Å². The summed E-state index contributed by atoms with van der Waals surface area (Å²) in [5.41, 5.74) is 2.06. The first-order valence-corrected chi connectivity index (χ1v) is 5.48. The van der Waals surface area contributed by atoms with Gasteiger partial charge in [0.1, 0.15) is 0 Å². The molecule has 1 aromatic carbocycles. The molecule has 2 rings (SSSR count). The van der Waals surface area contributed by atoms with Crippen LogP contribution in [0.25, 0.3) is 0 Å². The van der Waals surface area contributed by atoms with E-state index >= 15 is 0 Å². The standard InChI is InChI=1S/C14H18/c1-3-10-14(4-2)11-13(14)12-8-6-5-7-9-12/h3,5-9,13H,1,4,10-11H2,2H3/t13-,14?/m1/s1. The summed E-state index contributed by atoms with van der Waals surface area (Å²) in [6.07, 6.45) is 5.87. The van der Waals surface area contributed by atoms with E-state index in [9.17, 15) is 0 Å². The number of hydrogen-bond acceptors (Lipinski definition) is 0. The van der Waals surface area contributed by atoms with Crippen molar-refractivity contribution in [1.82, 2.24) is 0 Å². The summed E-state index contributed by atoms with van der Waals surface area (Å²) in [5.74, 6) is 0.784. The predicted octanol–water partition coefficient (Wildman–Crippen LogP) is 4.15. The summed E-state index contributed by atoms with van der Waals surface area (Å²) in [5, 5.41) is 0. The Bertz CT molecular complexity index is 312. The van der Waals surface area contributed by atoms with Gasteiger partial charge >= 0.3 is 0 Å². The van der Waals surface area contributed by atoms with Gasteiger partial charge in [-0.2, -0.15) is 0 Å². The molecule has 0 spiro atoms. The lowest BCUT2D eigenvalue weighted by Gasteiger charge is -2.12. The van der Waals surface area contributed by atoms with Gasteiger partial charge in [-0.25, -0.2) is 0 Å². The SMILES string of the molecule is C=CCC1(CC)C[C@@H]1c1ccccc1. The first-order valence-electron chi connectivity index (χ1n) is 5.48. The van der Waals surface area contributed by atoms with Crippen molar-refractivity contribution in [3.63, 3.8) is 0 Å². The molecule has 74 valence electrons. The molecule has 0 amide bonds. The van der Waals surface area contributed by atoms with Crippen LogP contribution in [0.4, 0.5) is 0 Å². The van der Waals surface area contributed by atoms with E-state index in [4.69, 9.17) is 0 Å². The van der Waals surface area contributed by atoms with Gasteiger partial charge in [0.15, 0.2) is 0 Å². The minimum atomic E-state index is 0.545. The van der Waals surface area contributed by atoms with Gasteiger partial charge in [-0.15, -0.1) is 6.58 Å². The molecule has 1 aliphatic rings. The fourth-order valence-corrected chi connectivity index (χ4v) is 2.55. The molecule has 0 aromatic heterocycles. The lowest BCUT2D eigenvalue weighted by Crippen LogP contribution is -1.99. The Labute approximate surface area is 86.7 Å². The smallest absolute Gasteiger partial charge is 0.00967 e. The fraction of sp³-hybridized carbons (Fsp3) is 0.429. The van der Waals surface area contributed by atoms with E-state index in [1.54, 1.807) is 0 Å². The zero-order valence-electron chi connectivity index (χ0n) is 8.87. The van der Waals surface area contributed by atoms with Crippen molar-refractivity contribution in [2.45, 2.75) is 32.1 Å². The van der Waals surface area contributed by atoms with Crippen molar-refractivity contribution in [1.29, 1.82) is 0 Å². The summed E-state index contributed by atoms with van der Waals surface area (Å²) in [7, 11) is 0. The van der Waals surface area contributed by atoms with Crippen LogP contribution >= 0.6 is 0 Å². The third kappa shape index (κ3) is 1.50. The van der Waals surface area contributed by atoms with Crippen LogP contribution in [0.15, 0.2) is 43.0 Å². The first-order chi connectivity index (χ1) is 6.82. The Balaban J connectivity index is 2.14. The van der Waals surface area contributed by atoms with Crippen molar-refractivity contribution in [2.75, 3.05) is 0 Å². The van der Waals surface area contributed by atoms with Gasteiger partial charge in [0.05, 0.1) is 0 Å². The molecule has 0 bridgehead atoms. The Kier molecular flexibility index (Phi) is 2.45. The van der Waals surface area contributed by atoms with Gasteiger partial charge in [-0.3, -0.25) is 0 Å². The molecule has 1 saturated carbocycles. The maximum absolute atomic E-state index is 3.86. The molecule has 0 heteroatoms. The van der Waals surface area contributed by atoms with Crippen LogP contribution in [0.2, 0.25) is 0 Å². The molecule has 0 radical (unpaired) electrons. The number of benzene rings is 1. The van der Waals surface area contributed by atoms with E-state index in [1.165, 1.54) is 24.8 Å². The maximum atomic E-state index is 3.86. The van der Waals surface area contributed by atoms with Crippen molar-refractivity contribution in [2.24, 2.45) is 5.41 Å². The second-order valence-corrected chi connectivity index (χ2v) is 4.38. The Morgan fingerprint density at radius 3 is 2.71 bits per heavy atom. The van der Waals surface area contributed by atoms with Crippen LogP contribution < -0.4 is 0 Å². The Hall–Kier alpha value is -1.04. The molecule has 1 aromatic rings. The predicted molar refractivity (Wildman–Crippen MR) is 61.3 cm³/mol. The highest BCUT2D eigenvalue weighted by molar-refractivity contribution is 5.30. The number of hydrogen-bond donors (Lipinski definition) is 0. The number of allylic oxidation sites excluding steroid dienone is 1. The van der Waals surface area contributed by atoms with Crippen molar-refractivity contribution < 1.29 is 0 Å². The average molecular weight is 186 g/mol.